The van der Waals surface area contributed by atoms with Gasteiger partial charge in [-0.3, -0.25) is 14.7 Å². The van der Waals surface area contributed by atoms with E-state index in [-0.39, 0.29) is 5.91 Å². The van der Waals surface area contributed by atoms with E-state index >= 15 is 0 Å². The van der Waals surface area contributed by atoms with Crippen molar-refractivity contribution in [3.63, 3.8) is 0 Å². The second-order valence-electron chi connectivity index (χ2n) is 8.73. The highest BCUT2D eigenvalue weighted by atomic mass is 16.1. The van der Waals surface area contributed by atoms with E-state index in [1.807, 2.05) is 42.5 Å². The lowest BCUT2D eigenvalue weighted by atomic mass is 10.0. The molecule has 4 aromatic rings. The Balaban J connectivity index is 1.22. The molecule has 1 N–H and O–H groups in total. The topological polar surface area (TPSA) is 61.4 Å². The molecule has 172 valence electrons. The summed E-state index contributed by atoms with van der Waals surface area (Å²) < 4.78 is 0. The molecule has 1 saturated heterocycles. The van der Waals surface area contributed by atoms with Crippen molar-refractivity contribution in [1.29, 1.82) is 0 Å². The molecular formula is C28H29N5O. The van der Waals surface area contributed by atoms with Crippen LogP contribution >= 0.6 is 0 Å². The van der Waals surface area contributed by atoms with Crippen molar-refractivity contribution in [3.05, 3.63) is 90.3 Å². The first kappa shape index (κ1) is 22.0. The van der Waals surface area contributed by atoms with Gasteiger partial charge in [0.1, 0.15) is 0 Å². The number of hydrogen-bond acceptors (Lipinski definition) is 5. The normalized spacial score (nSPS) is 14.3. The molecule has 0 unspecified atom stereocenters. The molecular weight excluding hydrogens is 422 g/mol. The molecule has 0 bridgehead atoms. The van der Waals surface area contributed by atoms with E-state index in [0.717, 1.165) is 54.9 Å². The van der Waals surface area contributed by atoms with Gasteiger partial charge in [-0.25, -0.2) is 4.98 Å². The number of aryl methyl sites for hydroxylation is 1. The smallest absolute Gasteiger partial charge is 0.252 e. The maximum atomic E-state index is 13.2. The first-order valence-corrected chi connectivity index (χ1v) is 11.8. The van der Waals surface area contributed by atoms with Crippen LogP contribution in [0.1, 0.15) is 15.9 Å². The zero-order chi connectivity index (χ0) is 23.3. The van der Waals surface area contributed by atoms with E-state index in [4.69, 9.17) is 4.98 Å². The number of hydrogen-bond donors (Lipinski definition) is 1. The van der Waals surface area contributed by atoms with Crippen molar-refractivity contribution in [2.75, 3.05) is 44.2 Å². The van der Waals surface area contributed by atoms with Crippen molar-refractivity contribution in [3.8, 4) is 11.3 Å². The number of piperazine rings is 1. The van der Waals surface area contributed by atoms with Crippen LogP contribution in [0.2, 0.25) is 0 Å². The summed E-state index contributed by atoms with van der Waals surface area (Å²) in [4.78, 5) is 26.9. The third kappa shape index (κ3) is 4.92. The summed E-state index contributed by atoms with van der Waals surface area (Å²) in [5, 5.41) is 4.00. The number of benzene rings is 2. The average Bonchev–Trinajstić information content (AvgIpc) is 2.89. The van der Waals surface area contributed by atoms with Gasteiger partial charge in [0.15, 0.2) is 0 Å². The first-order chi connectivity index (χ1) is 16.7. The number of aromatic nitrogens is 2. The van der Waals surface area contributed by atoms with Crippen LogP contribution in [0.4, 0.5) is 5.69 Å². The van der Waals surface area contributed by atoms with Gasteiger partial charge < -0.3 is 10.2 Å². The number of rotatable bonds is 6. The van der Waals surface area contributed by atoms with Crippen LogP contribution in [0.15, 0.2) is 79.1 Å². The highest BCUT2D eigenvalue weighted by Crippen LogP contribution is 2.24. The minimum absolute atomic E-state index is 0.0627. The molecule has 0 aliphatic carbocycles. The molecule has 6 heteroatoms. The lowest BCUT2D eigenvalue weighted by Crippen LogP contribution is -2.48. The lowest BCUT2D eigenvalue weighted by molar-refractivity contribution is 0.0949. The van der Waals surface area contributed by atoms with Gasteiger partial charge in [-0.1, -0.05) is 30.3 Å². The Hall–Kier alpha value is -3.77. The molecule has 1 fully saturated rings. The Morgan fingerprint density at radius 3 is 2.53 bits per heavy atom. The highest BCUT2D eigenvalue weighted by molar-refractivity contribution is 6.07. The number of nitrogens with one attached hydrogen (secondary N) is 1. The summed E-state index contributed by atoms with van der Waals surface area (Å²) in [5.74, 6) is -0.0627. The highest BCUT2D eigenvalue weighted by Gasteiger charge is 2.18. The quantitative estimate of drug-likeness (QED) is 0.477. The Labute approximate surface area is 200 Å². The van der Waals surface area contributed by atoms with E-state index in [1.54, 1.807) is 12.4 Å². The van der Waals surface area contributed by atoms with Gasteiger partial charge in [0.05, 0.1) is 16.8 Å². The van der Waals surface area contributed by atoms with Crippen LogP contribution in [0, 0.1) is 6.92 Å². The van der Waals surface area contributed by atoms with Gasteiger partial charge in [-0.05, 0) is 48.9 Å². The monoisotopic (exact) mass is 451 g/mol. The average molecular weight is 452 g/mol. The number of amides is 1. The van der Waals surface area contributed by atoms with E-state index in [2.05, 4.69) is 51.3 Å². The summed E-state index contributed by atoms with van der Waals surface area (Å²) in [6.45, 7) is 7.58. The zero-order valence-electron chi connectivity index (χ0n) is 19.4. The molecule has 2 aromatic carbocycles. The molecule has 1 aliphatic rings. The fourth-order valence-corrected chi connectivity index (χ4v) is 4.51. The molecule has 0 spiro atoms. The summed E-state index contributed by atoms with van der Waals surface area (Å²) in [7, 11) is 0. The minimum Gasteiger partial charge on any atom is -0.369 e. The number of para-hydroxylation sites is 1. The lowest BCUT2D eigenvalue weighted by Gasteiger charge is -2.36. The summed E-state index contributed by atoms with van der Waals surface area (Å²) >= 11 is 0. The molecule has 0 radical (unpaired) electrons. The third-order valence-corrected chi connectivity index (χ3v) is 6.39. The van der Waals surface area contributed by atoms with E-state index < -0.39 is 0 Å². The maximum absolute atomic E-state index is 13.2. The third-order valence-electron chi connectivity index (χ3n) is 6.39. The van der Waals surface area contributed by atoms with E-state index in [1.165, 1.54) is 11.3 Å². The number of pyridine rings is 2. The standard InChI is InChI=1S/C28H29N5O/c1-21-5-4-6-23(19-21)33-17-15-32(16-18-33)14-13-30-28(34)25-20-27(22-9-11-29-12-10-22)31-26-8-3-2-7-24(25)26/h2-12,19-20H,13-18H2,1H3,(H,30,34). The van der Waals surface area contributed by atoms with E-state index in [0.29, 0.717) is 12.1 Å². The SMILES string of the molecule is Cc1cccc(N2CCN(CCNC(=O)c3cc(-c4ccncc4)nc4ccccc34)CC2)c1. The Bertz CT molecular complexity index is 1280. The molecule has 1 aliphatic heterocycles. The van der Waals surface area contributed by atoms with Crippen LogP contribution < -0.4 is 10.2 Å². The predicted molar refractivity (Wildman–Crippen MR) is 137 cm³/mol. The second kappa shape index (κ2) is 10.0. The molecule has 3 heterocycles. The number of fused-ring (bicyclic) bond motifs is 1. The summed E-state index contributed by atoms with van der Waals surface area (Å²) in [6, 6.07) is 22.2. The zero-order valence-corrected chi connectivity index (χ0v) is 19.4. The maximum Gasteiger partial charge on any atom is 0.252 e. The fraction of sp³-hybridized carbons (Fsp3) is 0.250. The summed E-state index contributed by atoms with van der Waals surface area (Å²) in [5.41, 5.74) is 5.77. The van der Waals surface area contributed by atoms with Gasteiger partial charge in [0.2, 0.25) is 0 Å². The summed E-state index contributed by atoms with van der Waals surface area (Å²) in [6.07, 6.45) is 3.48. The molecule has 1 amide bonds. The molecule has 5 rings (SSSR count). The van der Waals surface area contributed by atoms with Crippen molar-refractivity contribution >= 4 is 22.5 Å². The molecule has 6 nitrogen and oxygen atoms in total. The van der Waals surface area contributed by atoms with E-state index in [9.17, 15) is 4.79 Å². The number of nitrogens with zero attached hydrogens (tertiary/aromatic N) is 4. The van der Waals surface area contributed by atoms with Gasteiger partial charge in [0.25, 0.3) is 5.91 Å². The number of anilines is 1. The van der Waals surface area contributed by atoms with Crippen LogP contribution in [0.3, 0.4) is 0 Å². The van der Waals surface area contributed by atoms with Crippen LogP contribution in [-0.4, -0.2) is 60.0 Å². The first-order valence-electron chi connectivity index (χ1n) is 11.8. The Morgan fingerprint density at radius 1 is 0.941 bits per heavy atom. The van der Waals surface area contributed by atoms with Crippen molar-refractivity contribution < 1.29 is 4.79 Å². The van der Waals surface area contributed by atoms with Gasteiger partial charge in [0, 0.05) is 68.3 Å². The Morgan fingerprint density at radius 2 is 1.74 bits per heavy atom. The molecule has 0 atom stereocenters. The van der Waals surface area contributed by atoms with Crippen molar-refractivity contribution in [2.24, 2.45) is 0 Å². The van der Waals surface area contributed by atoms with Gasteiger partial charge >= 0.3 is 0 Å². The van der Waals surface area contributed by atoms with Crippen LogP contribution in [-0.2, 0) is 0 Å². The van der Waals surface area contributed by atoms with Crippen molar-refractivity contribution in [1.82, 2.24) is 20.2 Å². The Kier molecular flexibility index (Phi) is 6.49. The molecule has 0 saturated carbocycles. The molecule has 2 aromatic heterocycles. The van der Waals surface area contributed by atoms with Gasteiger partial charge in [-0.15, -0.1) is 0 Å². The van der Waals surface area contributed by atoms with Crippen molar-refractivity contribution in [2.45, 2.75) is 6.92 Å². The second-order valence-corrected chi connectivity index (χ2v) is 8.73. The fourth-order valence-electron chi connectivity index (χ4n) is 4.51. The minimum atomic E-state index is -0.0627. The number of carbonyl (C=O) groups excluding carboxylic acids is 1. The largest absolute Gasteiger partial charge is 0.369 e. The number of carbonyl (C=O) groups is 1. The van der Waals surface area contributed by atoms with Crippen LogP contribution in [0.5, 0.6) is 0 Å². The van der Waals surface area contributed by atoms with Gasteiger partial charge in [-0.2, -0.15) is 0 Å². The predicted octanol–water partition coefficient (Wildman–Crippen LogP) is 4.16. The van der Waals surface area contributed by atoms with Crippen LogP contribution in [0.25, 0.3) is 22.2 Å². The molecule has 34 heavy (non-hydrogen) atoms.